The van der Waals surface area contributed by atoms with Crippen LogP contribution in [0.1, 0.15) is 41.6 Å². The van der Waals surface area contributed by atoms with Gasteiger partial charge >= 0.3 is 0 Å². The van der Waals surface area contributed by atoms with Gasteiger partial charge in [-0.15, -0.1) is 0 Å². The average Bonchev–Trinajstić information content (AvgIpc) is 2.53. The number of rotatable bonds is 3. The van der Waals surface area contributed by atoms with Crippen LogP contribution in [0.15, 0.2) is 42.6 Å². The van der Waals surface area contributed by atoms with E-state index in [1.807, 2.05) is 12.1 Å². The summed E-state index contributed by atoms with van der Waals surface area (Å²) in [6.07, 6.45) is 5.23. The fraction of sp³-hybridized carbons (Fsp3) is 0.353. The van der Waals surface area contributed by atoms with E-state index in [1.165, 1.54) is 17.5 Å². The topological polar surface area (TPSA) is 48.1 Å². The number of aromatic nitrogens is 1. The lowest BCUT2D eigenvalue weighted by molar-refractivity contribution is 0.389. The third kappa shape index (κ3) is 2.29. The van der Waals surface area contributed by atoms with Crippen molar-refractivity contribution in [1.82, 2.24) is 4.98 Å². The van der Waals surface area contributed by atoms with E-state index in [-0.39, 0.29) is 6.04 Å². The molecule has 0 saturated heterocycles. The predicted octanol–water partition coefficient (Wildman–Crippen LogP) is 3.21. The van der Waals surface area contributed by atoms with Gasteiger partial charge in [-0.05, 0) is 42.5 Å². The summed E-state index contributed by atoms with van der Waals surface area (Å²) in [4.78, 5) is 4.45. The predicted molar refractivity (Wildman–Crippen MR) is 79.8 cm³/mol. The standard InChI is InChI=1S/C17H20N2O/c1-20-15-10-5-11-19-17(15)16(18)14-9-4-7-12-6-2-3-8-13(12)14/h2-3,5-6,8,10-11,14,16H,4,7,9,18H2,1H3. The van der Waals surface area contributed by atoms with Gasteiger partial charge in [0.1, 0.15) is 5.75 Å². The molecule has 0 aliphatic heterocycles. The fourth-order valence-corrected chi connectivity index (χ4v) is 3.18. The number of hydrogen-bond acceptors (Lipinski definition) is 3. The van der Waals surface area contributed by atoms with Gasteiger partial charge in [-0.25, -0.2) is 0 Å². The third-order valence-corrected chi connectivity index (χ3v) is 4.18. The van der Waals surface area contributed by atoms with Crippen LogP contribution in [0.4, 0.5) is 0 Å². The van der Waals surface area contributed by atoms with Gasteiger partial charge < -0.3 is 10.5 Å². The maximum Gasteiger partial charge on any atom is 0.141 e. The summed E-state index contributed by atoms with van der Waals surface area (Å²) < 4.78 is 5.40. The highest BCUT2D eigenvalue weighted by atomic mass is 16.5. The van der Waals surface area contributed by atoms with Gasteiger partial charge in [0.25, 0.3) is 0 Å². The maximum absolute atomic E-state index is 6.52. The van der Waals surface area contributed by atoms with Gasteiger partial charge in [0.2, 0.25) is 0 Å². The number of ether oxygens (including phenoxy) is 1. The largest absolute Gasteiger partial charge is 0.495 e. The highest BCUT2D eigenvalue weighted by molar-refractivity contribution is 5.38. The van der Waals surface area contributed by atoms with E-state index in [9.17, 15) is 0 Å². The van der Waals surface area contributed by atoms with Gasteiger partial charge in [-0.2, -0.15) is 0 Å². The normalized spacial score (nSPS) is 19.2. The molecule has 3 rings (SSSR count). The summed E-state index contributed by atoms with van der Waals surface area (Å²) in [6.45, 7) is 0. The number of nitrogens with two attached hydrogens (primary N) is 1. The molecule has 0 fully saturated rings. The summed E-state index contributed by atoms with van der Waals surface area (Å²) >= 11 is 0. The molecule has 1 aromatic heterocycles. The van der Waals surface area contributed by atoms with Crippen molar-refractivity contribution in [2.45, 2.75) is 31.2 Å². The van der Waals surface area contributed by atoms with Crippen LogP contribution in [0, 0.1) is 0 Å². The smallest absolute Gasteiger partial charge is 0.141 e. The SMILES string of the molecule is COc1cccnc1C(N)C1CCCc2ccccc21. The Bertz CT molecular complexity index is 597. The molecule has 3 nitrogen and oxygen atoms in total. The second-order valence-electron chi connectivity index (χ2n) is 5.31. The van der Waals surface area contributed by atoms with Gasteiger partial charge in [0.15, 0.2) is 0 Å². The van der Waals surface area contributed by atoms with Crippen molar-refractivity contribution in [1.29, 1.82) is 0 Å². The zero-order chi connectivity index (χ0) is 13.9. The summed E-state index contributed by atoms with van der Waals surface area (Å²) in [7, 11) is 1.67. The Labute approximate surface area is 119 Å². The minimum Gasteiger partial charge on any atom is -0.495 e. The van der Waals surface area contributed by atoms with Crippen molar-refractivity contribution >= 4 is 0 Å². The second kappa shape index (κ2) is 5.63. The van der Waals surface area contributed by atoms with E-state index in [2.05, 4.69) is 29.2 Å². The molecule has 2 atom stereocenters. The molecule has 2 unspecified atom stereocenters. The molecule has 0 bridgehead atoms. The maximum atomic E-state index is 6.52. The fourth-order valence-electron chi connectivity index (χ4n) is 3.18. The molecule has 0 amide bonds. The number of benzene rings is 1. The number of nitrogens with zero attached hydrogens (tertiary/aromatic N) is 1. The van der Waals surface area contributed by atoms with Crippen molar-refractivity contribution in [2.24, 2.45) is 5.73 Å². The highest BCUT2D eigenvalue weighted by Crippen LogP contribution is 2.40. The van der Waals surface area contributed by atoms with Crippen LogP contribution in [0.5, 0.6) is 5.75 Å². The van der Waals surface area contributed by atoms with Crippen LogP contribution in [0.25, 0.3) is 0 Å². The monoisotopic (exact) mass is 268 g/mol. The van der Waals surface area contributed by atoms with E-state index >= 15 is 0 Å². The van der Waals surface area contributed by atoms with Gasteiger partial charge in [0, 0.05) is 12.1 Å². The molecule has 1 aromatic carbocycles. The van der Waals surface area contributed by atoms with Gasteiger partial charge in [-0.3, -0.25) is 4.98 Å². The van der Waals surface area contributed by atoms with E-state index in [0.29, 0.717) is 5.92 Å². The minimum atomic E-state index is -0.118. The number of hydrogen-bond donors (Lipinski definition) is 1. The Balaban J connectivity index is 1.97. The Kier molecular flexibility index (Phi) is 3.70. The molecule has 0 radical (unpaired) electrons. The van der Waals surface area contributed by atoms with E-state index in [0.717, 1.165) is 24.3 Å². The number of methoxy groups -OCH3 is 1. The summed E-state index contributed by atoms with van der Waals surface area (Å²) in [6, 6.07) is 12.3. The Morgan fingerprint density at radius 3 is 2.95 bits per heavy atom. The van der Waals surface area contributed by atoms with Crippen LogP contribution in [-0.4, -0.2) is 12.1 Å². The van der Waals surface area contributed by atoms with Crippen LogP contribution in [0.3, 0.4) is 0 Å². The van der Waals surface area contributed by atoms with E-state index in [1.54, 1.807) is 13.3 Å². The number of pyridine rings is 1. The quantitative estimate of drug-likeness (QED) is 0.930. The first-order valence-corrected chi connectivity index (χ1v) is 7.13. The van der Waals surface area contributed by atoms with Crippen molar-refractivity contribution in [3.05, 3.63) is 59.4 Å². The summed E-state index contributed by atoms with van der Waals surface area (Å²) in [5.41, 5.74) is 10.2. The number of aryl methyl sites for hydroxylation is 1. The lowest BCUT2D eigenvalue weighted by Gasteiger charge is -2.30. The van der Waals surface area contributed by atoms with Crippen LogP contribution < -0.4 is 10.5 Å². The summed E-state index contributed by atoms with van der Waals surface area (Å²) in [5, 5.41) is 0. The lowest BCUT2D eigenvalue weighted by atomic mass is 9.78. The minimum absolute atomic E-state index is 0.118. The molecule has 1 heterocycles. The molecule has 1 aliphatic rings. The van der Waals surface area contributed by atoms with Crippen LogP contribution >= 0.6 is 0 Å². The van der Waals surface area contributed by atoms with Gasteiger partial charge in [0.05, 0.1) is 18.8 Å². The molecule has 3 heteroatoms. The van der Waals surface area contributed by atoms with Crippen LogP contribution in [-0.2, 0) is 6.42 Å². The first-order chi connectivity index (χ1) is 9.81. The number of fused-ring (bicyclic) bond motifs is 1. The van der Waals surface area contributed by atoms with Crippen molar-refractivity contribution in [2.75, 3.05) is 7.11 Å². The Morgan fingerprint density at radius 2 is 2.10 bits per heavy atom. The molecule has 104 valence electrons. The summed E-state index contributed by atoms with van der Waals surface area (Å²) in [5.74, 6) is 1.10. The third-order valence-electron chi connectivity index (χ3n) is 4.18. The average molecular weight is 268 g/mol. The molecule has 0 saturated carbocycles. The zero-order valence-corrected chi connectivity index (χ0v) is 11.8. The first-order valence-electron chi connectivity index (χ1n) is 7.13. The second-order valence-corrected chi connectivity index (χ2v) is 5.31. The molecule has 2 aromatic rings. The zero-order valence-electron chi connectivity index (χ0n) is 11.8. The molecular weight excluding hydrogens is 248 g/mol. The van der Waals surface area contributed by atoms with Gasteiger partial charge in [-0.1, -0.05) is 24.3 Å². The molecular formula is C17H20N2O. The van der Waals surface area contributed by atoms with Crippen molar-refractivity contribution < 1.29 is 4.74 Å². The van der Waals surface area contributed by atoms with Crippen molar-refractivity contribution in [3.63, 3.8) is 0 Å². The Morgan fingerprint density at radius 1 is 1.25 bits per heavy atom. The first kappa shape index (κ1) is 13.1. The Hall–Kier alpha value is -1.87. The molecule has 0 spiro atoms. The van der Waals surface area contributed by atoms with E-state index < -0.39 is 0 Å². The lowest BCUT2D eigenvalue weighted by Crippen LogP contribution is -2.24. The highest BCUT2D eigenvalue weighted by Gasteiger charge is 2.28. The van der Waals surface area contributed by atoms with Crippen LogP contribution in [0.2, 0.25) is 0 Å². The molecule has 20 heavy (non-hydrogen) atoms. The van der Waals surface area contributed by atoms with E-state index in [4.69, 9.17) is 10.5 Å². The molecule has 1 aliphatic carbocycles. The van der Waals surface area contributed by atoms with Crippen molar-refractivity contribution in [3.8, 4) is 5.75 Å². The molecule has 2 N–H and O–H groups in total.